The lowest BCUT2D eigenvalue weighted by Gasteiger charge is -2.51. The zero-order valence-electron chi connectivity index (χ0n) is 12.6. The molecule has 2 bridgehead atoms. The smallest absolute Gasteiger partial charge is 0.143 e. The van der Waals surface area contributed by atoms with E-state index in [0.29, 0.717) is 10.9 Å². The van der Waals surface area contributed by atoms with Gasteiger partial charge >= 0.3 is 0 Å². The molecule has 4 heterocycles. The minimum absolute atomic E-state index is 0.166. The van der Waals surface area contributed by atoms with Gasteiger partial charge in [0.2, 0.25) is 0 Å². The lowest BCUT2D eigenvalue weighted by Crippen LogP contribution is -2.55. The molecular weight excluding hydrogens is 288 g/mol. The summed E-state index contributed by atoms with van der Waals surface area (Å²) in [6.07, 6.45) is 4.57. The number of methoxy groups -OCH3 is 1. The van der Waals surface area contributed by atoms with Crippen LogP contribution in [0, 0.1) is 11.8 Å². The highest BCUT2D eigenvalue weighted by Crippen LogP contribution is 2.43. The summed E-state index contributed by atoms with van der Waals surface area (Å²) in [5.41, 5.74) is 0.753. The normalized spacial score (nSPS) is 33.0. The van der Waals surface area contributed by atoms with Gasteiger partial charge in [-0.1, -0.05) is 24.9 Å². The summed E-state index contributed by atoms with van der Waals surface area (Å²) in [5.74, 6) is 2.13. The van der Waals surface area contributed by atoms with E-state index in [9.17, 15) is 5.11 Å². The molecule has 116 valence electrons. The molecule has 4 rings (SSSR count). The van der Waals surface area contributed by atoms with E-state index in [2.05, 4.69) is 16.8 Å². The molecule has 0 saturated carbocycles. The maximum atomic E-state index is 10.9. The molecule has 3 aliphatic rings. The van der Waals surface area contributed by atoms with Gasteiger partial charge in [0.25, 0.3) is 0 Å². The van der Waals surface area contributed by atoms with E-state index in [1.807, 2.05) is 0 Å². The van der Waals surface area contributed by atoms with Crippen molar-refractivity contribution < 1.29 is 9.84 Å². The lowest BCUT2D eigenvalue weighted by atomic mass is 9.73. The number of piperidine rings is 3. The topological polar surface area (TPSA) is 45.6 Å². The van der Waals surface area contributed by atoms with Crippen LogP contribution in [-0.4, -0.2) is 41.2 Å². The van der Waals surface area contributed by atoms with E-state index < -0.39 is 6.10 Å². The molecule has 1 aromatic rings. The largest absolute Gasteiger partial charge is 0.495 e. The van der Waals surface area contributed by atoms with Crippen molar-refractivity contribution in [2.75, 3.05) is 20.2 Å². The molecule has 4 nitrogen and oxygen atoms in total. The lowest BCUT2D eigenvalue weighted by molar-refractivity contribution is -0.0571. The quantitative estimate of drug-likeness (QED) is 0.869. The van der Waals surface area contributed by atoms with Crippen molar-refractivity contribution in [2.24, 2.45) is 11.8 Å². The van der Waals surface area contributed by atoms with Crippen molar-refractivity contribution in [1.29, 1.82) is 0 Å². The summed E-state index contributed by atoms with van der Waals surface area (Å²) in [4.78, 5) is 6.46. The minimum Gasteiger partial charge on any atom is -0.495 e. The predicted octanol–water partition coefficient (Wildman–Crippen LogP) is 2.90. The standard InChI is InChI=1S/C16H23ClN2O2/c1-3-10-9-19-5-4-11(10)6-13(19)16(20)12-7-15(17)18-8-14(12)21-2/h7-8,10-11,13,16,20H,3-6,9H2,1-2H3/t10?,11?,13?,16-/m1/s1. The predicted molar refractivity (Wildman–Crippen MR) is 82.6 cm³/mol. The van der Waals surface area contributed by atoms with Crippen LogP contribution >= 0.6 is 11.6 Å². The molecule has 1 aromatic heterocycles. The van der Waals surface area contributed by atoms with Gasteiger partial charge in [-0.05, 0) is 37.3 Å². The summed E-state index contributed by atoms with van der Waals surface area (Å²) in [7, 11) is 1.60. The van der Waals surface area contributed by atoms with E-state index in [0.717, 1.165) is 36.9 Å². The van der Waals surface area contributed by atoms with Crippen molar-refractivity contribution in [2.45, 2.75) is 38.3 Å². The second kappa shape index (κ2) is 6.11. The molecule has 3 fully saturated rings. The average molecular weight is 311 g/mol. The second-order valence-electron chi connectivity index (χ2n) is 6.21. The van der Waals surface area contributed by atoms with Gasteiger partial charge in [-0.15, -0.1) is 0 Å². The van der Waals surface area contributed by atoms with Crippen LogP contribution in [0.2, 0.25) is 5.15 Å². The molecule has 3 saturated heterocycles. The average Bonchev–Trinajstić information content (AvgIpc) is 2.54. The number of aliphatic hydroxyl groups excluding tert-OH is 1. The molecule has 5 heteroatoms. The van der Waals surface area contributed by atoms with E-state index in [-0.39, 0.29) is 6.04 Å². The van der Waals surface area contributed by atoms with Crippen LogP contribution in [0.25, 0.3) is 0 Å². The summed E-state index contributed by atoms with van der Waals surface area (Å²) in [6, 6.07) is 1.89. The van der Waals surface area contributed by atoms with Crippen LogP contribution in [0.15, 0.2) is 12.3 Å². The summed E-state index contributed by atoms with van der Waals surface area (Å²) in [5, 5.41) is 11.3. The van der Waals surface area contributed by atoms with Crippen molar-refractivity contribution in [3.8, 4) is 5.75 Å². The molecule has 21 heavy (non-hydrogen) atoms. The van der Waals surface area contributed by atoms with Crippen molar-refractivity contribution in [1.82, 2.24) is 9.88 Å². The van der Waals surface area contributed by atoms with E-state index in [1.54, 1.807) is 19.4 Å². The Hall–Kier alpha value is -0.840. The van der Waals surface area contributed by atoms with E-state index in [1.165, 1.54) is 12.8 Å². The molecular formula is C16H23ClN2O2. The third-order valence-electron chi connectivity index (χ3n) is 5.23. The van der Waals surface area contributed by atoms with Gasteiger partial charge in [0, 0.05) is 18.2 Å². The van der Waals surface area contributed by atoms with Gasteiger partial charge in [-0.25, -0.2) is 4.98 Å². The number of rotatable bonds is 4. The molecule has 5 atom stereocenters. The first-order chi connectivity index (χ1) is 10.1. The fourth-order valence-electron chi connectivity index (χ4n) is 4.01. The Labute approximate surface area is 131 Å². The first-order valence-corrected chi connectivity index (χ1v) is 8.13. The third kappa shape index (κ3) is 2.77. The number of nitrogens with zero attached hydrogens (tertiary/aromatic N) is 2. The highest BCUT2D eigenvalue weighted by atomic mass is 35.5. The molecule has 0 aliphatic carbocycles. The van der Waals surface area contributed by atoms with Gasteiger partial charge in [0.05, 0.1) is 19.4 Å². The Kier molecular flexibility index (Phi) is 4.38. The van der Waals surface area contributed by atoms with Gasteiger partial charge in [-0.2, -0.15) is 0 Å². The third-order valence-corrected chi connectivity index (χ3v) is 5.43. The van der Waals surface area contributed by atoms with Crippen molar-refractivity contribution >= 4 is 11.6 Å². The fraction of sp³-hybridized carbons (Fsp3) is 0.688. The van der Waals surface area contributed by atoms with Gasteiger partial charge in [0.1, 0.15) is 10.9 Å². The Morgan fingerprint density at radius 3 is 3.00 bits per heavy atom. The maximum absolute atomic E-state index is 10.9. The number of fused-ring (bicyclic) bond motifs is 3. The molecule has 0 radical (unpaired) electrons. The summed E-state index contributed by atoms with van der Waals surface area (Å²) in [6.45, 7) is 4.46. The first-order valence-electron chi connectivity index (χ1n) is 7.75. The summed E-state index contributed by atoms with van der Waals surface area (Å²) >= 11 is 5.99. The Morgan fingerprint density at radius 2 is 2.38 bits per heavy atom. The highest BCUT2D eigenvalue weighted by Gasteiger charge is 2.42. The number of aromatic nitrogens is 1. The van der Waals surface area contributed by atoms with E-state index in [4.69, 9.17) is 16.3 Å². The SMILES string of the molecule is CCC1CN2CCC1CC2[C@H](O)c1cc(Cl)ncc1OC. The summed E-state index contributed by atoms with van der Waals surface area (Å²) < 4.78 is 5.34. The van der Waals surface area contributed by atoms with Gasteiger partial charge < -0.3 is 9.84 Å². The number of hydrogen-bond acceptors (Lipinski definition) is 4. The van der Waals surface area contributed by atoms with Crippen LogP contribution in [-0.2, 0) is 0 Å². The second-order valence-corrected chi connectivity index (χ2v) is 6.60. The molecule has 0 amide bonds. The van der Waals surface area contributed by atoms with Crippen LogP contribution < -0.4 is 4.74 Å². The molecule has 4 unspecified atom stereocenters. The molecule has 0 aromatic carbocycles. The number of halogens is 1. The molecule has 0 spiro atoms. The zero-order valence-corrected chi connectivity index (χ0v) is 13.4. The van der Waals surface area contributed by atoms with Crippen molar-refractivity contribution in [3.05, 3.63) is 23.0 Å². The van der Waals surface area contributed by atoms with Crippen LogP contribution in [0.1, 0.15) is 37.9 Å². The number of aliphatic hydroxyl groups is 1. The first kappa shape index (κ1) is 15.1. The number of pyridine rings is 1. The highest BCUT2D eigenvalue weighted by molar-refractivity contribution is 6.29. The van der Waals surface area contributed by atoms with Crippen molar-refractivity contribution in [3.63, 3.8) is 0 Å². The number of ether oxygens (including phenoxy) is 1. The Morgan fingerprint density at radius 1 is 1.57 bits per heavy atom. The van der Waals surface area contributed by atoms with E-state index >= 15 is 0 Å². The minimum atomic E-state index is -0.568. The number of hydrogen-bond donors (Lipinski definition) is 1. The van der Waals surface area contributed by atoms with Gasteiger partial charge in [-0.3, -0.25) is 4.90 Å². The molecule has 3 aliphatic heterocycles. The van der Waals surface area contributed by atoms with Crippen LogP contribution in [0.3, 0.4) is 0 Å². The fourth-order valence-corrected chi connectivity index (χ4v) is 4.18. The Bertz CT molecular complexity index is 511. The zero-order chi connectivity index (χ0) is 15.0. The van der Waals surface area contributed by atoms with Gasteiger partial charge in [0.15, 0.2) is 0 Å². The monoisotopic (exact) mass is 310 g/mol. The van der Waals surface area contributed by atoms with Crippen LogP contribution in [0.5, 0.6) is 5.75 Å². The molecule has 1 N–H and O–H groups in total. The van der Waals surface area contributed by atoms with Crippen LogP contribution in [0.4, 0.5) is 0 Å². The Balaban J connectivity index is 1.83. The maximum Gasteiger partial charge on any atom is 0.143 e.